The van der Waals surface area contributed by atoms with Gasteiger partial charge in [0.2, 0.25) is 5.91 Å². The van der Waals surface area contributed by atoms with Gasteiger partial charge in [0.05, 0.1) is 6.04 Å². The number of aliphatic imine (C=N–C) groups is 1. The molecule has 1 spiro atoms. The number of benzene rings is 1. The maximum absolute atomic E-state index is 13.5. The fourth-order valence-electron chi connectivity index (χ4n) is 4.56. The van der Waals surface area contributed by atoms with Gasteiger partial charge in [0.1, 0.15) is 35.3 Å². The van der Waals surface area contributed by atoms with Gasteiger partial charge in [-0.3, -0.25) is 14.6 Å². The summed E-state index contributed by atoms with van der Waals surface area (Å²) < 4.78 is 68.2. The molecule has 6 nitrogen and oxygen atoms in total. The molecule has 1 heterocycles. The van der Waals surface area contributed by atoms with E-state index in [-0.39, 0.29) is 18.7 Å². The average Bonchev–Trinajstić information content (AvgIpc) is 2.99. The Morgan fingerprint density at radius 3 is 2.44 bits per heavy atom. The summed E-state index contributed by atoms with van der Waals surface area (Å²) in [6.07, 6.45) is 0.382. The van der Waals surface area contributed by atoms with Crippen LogP contribution in [0.25, 0.3) is 0 Å². The van der Waals surface area contributed by atoms with Crippen molar-refractivity contribution < 1.29 is 36.3 Å². The van der Waals surface area contributed by atoms with Gasteiger partial charge in [-0.1, -0.05) is 6.42 Å². The molecule has 182 valence electrons. The molecule has 0 bridgehead atoms. The van der Waals surface area contributed by atoms with Crippen molar-refractivity contribution in [1.29, 1.82) is 0 Å². The van der Waals surface area contributed by atoms with E-state index in [1.165, 1.54) is 17.0 Å². The van der Waals surface area contributed by atoms with E-state index in [2.05, 4.69) is 15.0 Å². The molecule has 0 aromatic heterocycles. The van der Waals surface area contributed by atoms with Gasteiger partial charge in [-0.25, -0.2) is 8.78 Å². The summed E-state index contributed by atoms with van der Waals surface area (Å²) in [6.45, 7) is -0.363. The van der Waals surface area contributed by atoms with Crippen LogP contribution in [-0.4, -0.2) is 47.0 Å². The molecule has 1 aromatic rings. The fraction of sp³-hybridized carbons (Fsp3) is 0.435. The molecule has 2 amide bonds. The molecule has 1 atom stereocenters. The smallest absolute Gasteiger partial charge is 0.406 e. The molecule has 1 fully saturated rings. The lowest BCUT2D eigenvalue weighted by molar-refractivity contribution is -0.274. The molecule has 1 N–H and O–H groups in total. The van der Waals surface area contributed by atoms with E-state index < -0.39 is 47.3 Å². The van der Waals surface area contributed by atoms with E-state index in [0.717, 1.165) is 43.5 Å². The molecule has 1 unspecified atom stereocenters. The summed E-state index contributed by atoms with van der Waals surface area (Å²) in [5.74, 6) is -3.04. The molecule has 3 aliphatic rings. The van der Waals surface area contributed by atoms with Crippen LogP contribution in [0.2, 0.25) is 0 Å². The number of alkyl halides is 3. The van der Waals surface area contributed by atoms with Crippen LogP contribution in [-0.2, 0) is 9.59 Å². The minimum atomic E-state index is -4.84. The number of nitrogens with zero attached hydrogens (tertiary/aromatic N) is 2. The minimum Gasteiger partial charge on any atom is -0.406 e. The maximum Gasteiger partial charge on any atom is 0.573 e. The van der Waals surface area contributed by atoms with Crippen LogP contribution in [0, 0.1) is 0 Å². The second-order valence-electron chi connectivity index (χ2n) is 8.49. The Bertz CT molecular complexity index is 1060. The zero-order valence-electron chi connectivity index (χ0n) is 18.0. The SMILES string of the molecule is O=C(CN1C(=O)C(c2ccc(OC(F)(F)F)cc2)=NC12CCCCC2)NC1C=C(F)C=C(F)C1. The maximum atomic E-state index is 13.5. The summed E-state index contributed by atoms with van der Waals surface area (Å²) in [4.78, 5) is 32.0. The predicted octanol–water partition coefficient (Wildman–Crippen LogP) is 4.47. The largest absolute Gasteiger partial charge is 0.573 e. The minimum absolute atomic E-state index is 0.0471. The van der Waals surface area contributed by atoms with Gasteiger partial charge in [0, 0.05) is 18.1 Å². The highest BCUT2D eigenvalue weighted by atomic mass is 19.4. The first-order valence-corrected chi connectivity index (χ1v) is 10.9. The fourth-order valence-corrected chi connectivity index (χ4v) is 4.56. The van der Waals surface area contributed by atoms with Crippen molar-refractivity contribution >= 4 is 17.5 Å². The number of nitrogens with one attached hydrogen (secondary N) is 1. The average molecular weight is 483 g/mol. The van der Waals surface area contributed by atoms with Gasteiger partial charge in [-0.05, 0) is 56.0 Å². The first-order valence-electron chi connectivity index (χ1n) is 10.9. The molecule has 4 rings (SSSR count). The van der Waals surface area contributed by atoms with Gasteiger partial charge in [-0.2, -0.15) is 0 Å². The zero-order chi connectivity index (χ0) is 24.5. The number of carbonyl (C=O) groups is 2. The summed E-state index contributed by atoms with van der Waals surface area (Å²) >= 11 is 0. The van der Waals surface area contributed by atoms with E-state index in [0.29, 0.717) is 18.4 Å². The van der Waals surface area contributed by atoms with E-state index >= 15 is 0 Å². The van der Waals surface area contributed by atoms with Crippen molar-refractivity contribution in [2.45, 2.75) is 56.6 Å². The third-order valence-electron chi connectivity index (χ3n) is 6.00. The van der Waals surface area contributed by atoms with Crippen molar-refractivity contribution in [3.8, 4) is 5.75 Å². The number of ether oxygens (including phenoxy) is 1. The molecular weight excluding hydrogens is 461 g/mol. The van der Waals surface area contributed by atoms with Gasteiger partial charge < -0.3 is 15.0 Å². The van der Waals surface area contributed by atoms with E-state index in [1.807, 2.05) is 0 Å². The summed E-state index contributed by atoms with van der Waals surface area (Å²) in [5, 5.41) is 2.53. The second-order valence-corrected chi connectivity index (χ2v) is 8.49. The van der Waals surface area contributed by atoms with Crippen LogP contribution in [0.5, 0.6) is 5.75 Å². The predicted molar refractivity (Wildman–Crippen MR) is 112 cm³/mol. The molecule has 0 radical (unpaired) electrons. The van der Waals surface area contributed by atoms with Crippen LogP contribution in [0.3, 0.4) is 0 Å². The van der Waals surface area contributed by atoms with Gasteiger partial charge >= 0.3 is 6.36 Å². The number of halogens is 5. The lowest BCUT2D eigenvalue weighted by Gasteiger charge is -2.39. The van der Waals surface area contributed by atoms with Crippen LogP contribution >= 0.6 is 0 Å². The topological polar surface area (TPSA) is 71.0 Å². The standard InChI is InChI=1S/C23H22F5N3O3/c24-15-10-16(25)12-17(11-15)29-19(32)13-31-21(33)20(30-22(31)8-2-1-3-9-22)14-4-6-18(7-5-14)34-23(26,27)28/h4-7,10-11,17H,1-3,8-9,12-13H2,(H,29,32). The number of hydrogen-bond acceptors (Lipinski definition) is 4. The van der Waals surface area contributed by atoms with Gasteiger partial charge in [-0.15, -0.1) is 13.2 Å². The molecule has 1 aromatic carbocycles. The van der Waals surface area contributed by atoms with Gasteiger partial charge in [0.25, 0.3) is 5.91 Å². The second kappa shape index (κ2) is 9.19. The number of rotatable bonds is 5. The molecular formula is C23H22F5N3O3. The molecule has 1 aliphatic heterocycles. The first-order chi connectivity index (χ1) is 16.0. The highest BCUT2D eigenvalue weighted by Crippen LogP contribution is 2.39. The Hall–Kier alpha value is -3.24. The highest BCUT2D eigenvalue weighted by Gasteiger charge is 2.48. The zero-order valence-corrected chi connectivity index (χ0v) is 18.0. The molecule has 2 aliphatic carbocycles. The van der Waals surface area contributed by atoms with Crippen molar-refractivity contribution in [3.63, 3.8) is 0 Å². The van der Waals surface area contributed by atoms with Crippen LogP contribution in [0.15, 0.2) is 53.1 Å². The number of hydrogen-bond donors (Lipinski definition) is 1. The van der Waals surface area contributed by atoms with Crippen molar-refractivity contribution in [2.24, 2.45) is 4.99 Å². The third-order valence-corrected chi connectivity index (χ3v) is 6.00. The quantitative estimate of drug-likeness (QED) is 0.629. The van der Waals surface area contributed by atoms with Crippen molar-refractivity contribution in [1.82, 2.24) is 10.2 Å². The lowest BCUT2D eigenvalue weighted by atomic mass is 9.88. The van der Waals surface area contributed by atoms with Crippen LogP contribution in [0.1, 0.15) is 44.1 Å². The molecule has 11 heteroatoms. The number of allylic oxidation sites excluding steroid dienone is 2. The Labute approximate surface area is 192 Å². The van der Waals surface area contributed by atoms with Crippen molar-refractivity contribution in [3.05, 3.63) is 53.6 Å². The van der Waals surface area contributed by atoms with Crippen molar-refractivity contribution in [2.75, 3.05) is 6.54 Å². The highest BCUT2D eigenvalue weighted by molar-refractivity contribution is 6.47. The van der Waals surface area contributed by atoms with E-state index in [4.69, 9.17) is 0 Å². The monoisotopic (exact) mass is 483 g/mol. The summed E-state index contributed by atoms with van der Waals surface area (Å²) in [6, 6.07) is 3.92. The molecule has 34 heavy (non-hydrogen) atoms. The molecule has 1 saturated carbocycles. The Morgan fingerprint density at radius 1 is 1.15 bits per heavy atom. The van der Waals surface area contributed by atoms with Crippen LogP contribution in [0.4, 0.5) is 22.0 Å². The third kappa shape index (κ3) is 5.28. The van der Waals surface area contributed by atoms with Gasteiger partial charge in [0.15, 0.2) is 0 Å². The summed E-state index contributed by atoms with van der Waals surface area (Å²) in [5.41, 5.74) is -0.593. The normalized spacial score (nSPS) is 22.3. The Balaban J connectivity index is 1.52. The summed E-state index contributed by atoms with van der Waals surface area (Å²) in [7, 11) is 0. The molecule has 0 saturated heterocycles. The Morgan fingerprint density at radius 2 is 1.82 bits per heavy atom. The van der Waals surface area contributed by atoms with E-state index in [9.17, 15) is 31.5 Å². The van der Waals surface area contributed by atoms with Crippen LogP contribution < -0.4 is 10.1 Å². The number of amides is 2. The lowest BCUT2D eigenvalue weighted by Crippen LogP contribution is -2.53. The van der Waals surface area contributed by atoms with E-state index in [1.54, 1.807) is 0 Å². The number of carbonyl (C=O) groups excluding carboxylic acids is 2. The Kier molecular flexibility index (Phi) is 6.46. The first kappa shape index (κ1) is 23.9.